The molecule has 1 atom stereocenters. The zero-order chi connectivity index (χ0) is 17.3. The van der Waals surface area contributed by atoms with Crippen LogP contribution in [-0.4, -0.2) is 30.2 Å². The monoisotopic (exact) mass is 328 g/mol. The molecule has 3 nitrogen and oxygen atoms in total. The van der Waals surface area contributed by atoms with Gasteiger partial charge in [-0.2, -0.15) is 13.2 Å². The van der Waals surface area contributed by atoms with E-state index in [2.05, 4.69) is 26.1 Å². The number of amides is 2. The molecule has 1 aliphatic heterocycles. The van der Waals surface area contributed by atoms with E-state index in [1.807, 2.05) is 12.1 Å². The maximum Gasteiger partial charge on any atom is 0.393 e. The number of hydrogen-bond acceptors (Lipinski definition) is 1. The van der Waals surface area contributed by atoms with Crippen molar-refractivity contribution in [2.75, 3.05) is 18.4 Å². The highest BCUT2D eigenvalue weighted by Gasteiger charge is 2.42. The number of hydrogen-bond donors (Lipinski definition) is 1. The molecule has 1 aliphatic rings. The van der Waals surface area contributed by atoms with Crippen molar-refractivity contribution in [1.82, 2.24) is 4.90 Å². The Morgan fingerprint density at radius 2 is 1.78 bits per heavy atom. The van der Waals surface area contributed by atoms with E-state index in [1.54, 1.807) is 12.1 Å². The molecule has 1 aromatic carbocycles. The van der Waals surface area contributed by atoms with E-state index < -0.39 is 18.1 Å². The minimum Gasteiger partial charge on any atom is -0.324 e. The van der Waals surface area contributed by atoms with Gasteiger partial charge >= 0.3 is 12.2 Å². The summed E-state index contributed by atoms with van der Waals surface area (Å²) in [7, 11) is 0. The molecule has 0 spiro atoms. The quantitative estimate of drug-likeness (QED) is 0.790. The van der Waals surface area contributed by atoms with Crippen molar-refractivity contribution in [3.8, 4) is 0 Å². The Hall–Kier alpha value is -1.72. The molecular weight excluding hydrogens is 305 g/mol. The summed E-state index contributed by atoms with van der Waals surface area (Å²) in [5, 5.41) is 2.68. The van der Waals surface area contributed by atoms with Crippen molar-refractivity contribution in [1.29, 1.82) is 0 Å². The molecule has 0 aromatic heterocycles. The van der Waals surface area contributed by atoms with Gasteiger partial charge in [-0.05, 0) is 36.0 Å². The van der Waals surface area contributed by atoms with E-state index in [-0.39, 0.29) is 18.4 Å². The Kier molecular flexibility index (Phi) is 4.92. The Bertz CT molecular complexity index is 546. The van der Waals surface area contributed by atoms with Gasteiger partial charge in [0.2, 0.25) is 0 Å². The van der Waals surface area contributed by atoms with E-state index in [9.17, 15) is 18.0 Å². The molecule has 1 N–H and O–H groups in total. The van der Waals surface area contributed by atoms with Crippen LogP contribution in [0.5, 0.6) is 0 Å². The third-order valence-corrected chi connectivity index (χ3v) is 4.17. The number of carbonyl (C=O) groups is 1. The predicted molar refractivity (Wildman–Crippen MR) is 84.5 cm³/mol. The maximum atomic E-state index is 12.8. The second-order valence-electron chi connectivity index (χ2n) is 7.08. The van der Waals surface area contributed by atoms with Gasteiger partial charge in [0, 0.05) is 18.8 Å². The third kappa shape index (κ3) is 4.62. The highest BCUT2D eigenvalue weighted by Crippen LogP contribution is 2.33. The number of rotatable bonds is 1. The van der Waals surface area contributed by atoms with Gasteiger partial charge in [-0.3, -0.25) is 0 Å². The molecule has 0 radical (unpaired) electrons. The number of urea groups is 1. The summed E-state index contributed by atoms with van der Waals surface area (Å²) in [6.45, 7) is 6.36. The zero-order valence-corrected chi connectivity index (χ0v) is 13.7. The first-order valence-electron chi connectivity index (χ1n) is 7.80. The fraction of sp³-hybridized carbons (Fsp3) is 0.588. The van der Waals surface area contributed by atoms with E-state index in [1.165, 1.54) is 4.90 Å². The number of carbonyl (C=O) groups excluding carboxylic acids is 1. The van der Waals surface area contributed by atoms with Crippen molar-refractivity contribution >= 4 is 11.7 Å². The smallest absolute Gasteiger partial charge is 0.324 e. The minimum atomic E-state index is -4.24. The van der Waals surface area contributed by atoms with Gasteiger partial charge in [-0.25, -0.2) is 4.79 Å². The fourth-order valence-electron chi connectivity index (χ4n) is 2.68. The average Bonchev–Trinajstić information content (AvgIpc) is 2.46. The van der Waals surface area contributed by atoms with Gasteiger partial charge in [0.25, 0.3) is 0 Å². The van der Waals surface area contributed by atoms with Gasteiger partial charge in [0.05, 0.1) is 5.92 Å². The molecule has 23 heavy (non-hydrogen) atoms. The highest BCUT2D eigenvalue weighted by atomic mass is 19.4. The van der Waals surface area contributed by atoms with Crippen LogP contribution in [0, 0.1) is 5.92 Å². The van der Waals surface area contributed by atoms with Gasteiger partial charge < -0.3 is 10.2 Å². The molecule has 128 valence electrons. The minimum absolute atomic E-state index is 0.00926. The van der Waals surface area contributed by atoms with Crippen LogP contribution in [0.3, 0.4) is 0 Å². The van der Waals surface area contributed by atoms with Crippen molar-refractivity contribution in [3.63, 3.8) is 0 Å². The zero-order valence-electron chi connectivity index (χ0n) is 13.7. The van der Waals surface area contributed by atoms with E-state index in [0.717, 1.165) is 5.56 Å². The van der Waals surface area contributed by atoms with Crippen molar-refractivity contribution in [2.45, 2.75) is 45.2 Å². The second kappa shape index (κ2) is 6.42. The van der Waals surface area contributed by atoms with Crippen LogP contribution in [0.15, 0.2) is 24.3 Å². The molecule has 2 rings (SSSR count). The lowest BCUT2D eigenvalue weighted by Crippen LogP contribution is -2.46. The lowest BCUT2D eigenvalue weighted by Gasteiger charge is -2.33. The second-order valence-corrected chi connectivity index (χ2v) is 7.08. The summed E-state index contributed by atoms with van der Waals surface area (Å²) in [6, 6.07) is 6.93. The molecule has 6 heteroatoms. The largest absolute Gasteiger partial charge is 0.393 e. The normalized spacial score (nSPS) is 19.6. The lowest BCUT2D eigenvalue weighted by atomic mass is 9.87. The first kappa shape index (κ1) is 17.6. The summed E-state index contributed by atoms with van der Waals surface area (Å²) in [4.78, 5) is 13.4. The standard InChI is InChI=1S/C17H23F3N2O/c1-16(2,3)12-6-8-14(9-7-12)21-15(23)22-10-4-5-13(11-22)17(18,19)20/h6-9,13H,4-5,10-11H2,1-3H3,(H,21,23)/t13-/m1/s1. The topological polar surface area (TPSA) is 32.3 Å². The molecule has 0 aliphatic carbocycles. The molecule has 1 aromatic rings. The molecule has 1 saturated heterocycles. The Balaban J connectivity index is 1.99. The SMILES string of the molecule is CC(C)(C)c1ccc(NC(=O)N2CCC[C@@H](C(F)(F)F)C2)cc1. The van der Waals surface area contributed by atoms with Gasteiger partial charge in [-0.1, -0.05) is 32.9 Å². The van der Waals surface area contributed by atoms with Crippen LogP contribution in [0.2, 0.25) is 0 Å². The number of likely N-dealkylation sites (tertiary alicyclic amines) is 1. The molecular formula is C17H23F3N2O. The van der Waals surface area contributed by atoms with E-state index in [0.29, 0.717) is 18.7 Å². The predicted octanol–water partition coefficient (Wildman–Crippen LogP) is 4.79. The number of benzene rings is 1. The van der Waals surface area contributed by atoms with Gasteiger partial charge in [0.15, 0.2) is 0 Å². The lowest BCUT2D eigenvalue weighted by molar-refractivity contribution is -0.183. The van der Waals surface area contributed by atoms with Gasteiger partial charge in [-0.15, -0.1) is 0 Å². The fourth-order valence-corrected chi connectivity index (χ4v) is 2.68. The molecule has 1 fully saturated rings. The van der Waals surface area contributed by atoms with Crippen molar-refractivity contribution in [3.05, 3.63) is 29.8 Å². The average molecular weight is 328 g/mol. The number of halogens is 3. The van der Waals surface area contributed by atoms with Crippen LogP contribution in [-0.2, 0) is 5.41 Å². The first-order chi connectivity index (χ1) is 10.6. The number of anilines is 1. The molecule has 0 bridgehead atoms. The Morgan fingerprint density at radius 3 is 2.30 bits per heavy atom. The highest BCUT2D eigenvalue weighted by molar-refractivity contribution is 5.89. The van der Waals surface area contributed by atoms with E-state index in [4.69, 9.17) is 0 Å². The summed E-state index contributed by atoms with van der Waals surface area (Å²) in [5.74, 6) is -1.43. The molecule has 1 heterocycles. The maximum absolute atomic E-state index is 12.8. The Labute approximate surface area is 134 Å². The summed E-state index contributed by atoms with van der Waals surface area (Å²) in [5.41, 5.74) is 1.73. The third-order valence-electron chi connectivity index (χ3n) is 4.17. The number of alkyl halides is 3. The summed E-state index contributed by atoms with van der Waals surface area (Å²) in [6.07, 6.45) is -3.78. The molecule has 0 unspecified atom stereocenters. The number of nitrogens with one attached hydrogen (secondary N) is 1. The van der Waals surface area contributed by atoms with Crippen LogP contribution in [0.1, 0.15) is 39.2 Å². The van der Waals surface area contributed by atoms with Crippen LogP contribution >= 0.6 is 0 Å². The molecule has 2 amide bonds. The summed E-state index contributed by atoms with van der Waals surface area (Å²) < 4.78 is 38.4. The van der Waals surface area contributed by atoms with Crippen LogP contribution in [0.25, 0.3) is 0 Å². The first-order valence-corrected chi connectivity index (χ1v) is 7.80. The Morgan fingerprint density at radius 1 is 1.17 bits per heavy atom. The van der Waals surface area contributed by atoms with E-state index >= 15 is 0 Å². The summed E-state index contributed by atoms with van der Waals surface area (Å²) >= 11 is 0. The number of nitrogens with zero attached hydrogens (tertiary/aromatic N) is 1. The van der Waals surface area contributed by atoms with Crippen LogP contribution < -0.4 is 5.32 Å². The van der Waals surface area contributed by atoms with Crippen molar-refractivity contribution in [2.24, 2.45) is 5.92 Å². The van der Waals surface area contributed by atoms with Gasteiger partial charge in [0.1, 0.15) is 0 Å². The van der Waals surface area contributed by atoms with Crippen molar-refractivity contribution < 1.29 is 18.0 Å². The number of piperidine rings is 1. The van der Waals surface area contributed by atoms with Crippen LogP contribution in [0.4, 0.5) is 23.7 Å². The molecule has 0 saturated carbocycles.